The summed E-state index contributed by atoms with van der Waals surface area (Å²) < 4.78 is 6.17. The minimum Gasteiger partial charge on any atom is -0.462 e. The van der Waals surface area contributed by atoms with Gasteiger partial charge in [-0.1, -0.05) is 93.2 Å². The van der Waals surface area contributed by atoms with Crippen LogP contribution in [0.1, 0.15) is 204 Å². The lowest BCUT2D eigenvalue weighted by molar-refractivity contribution is -0.151. The molecule has 3 fully saturated rings. The maximum atomic E-state index is 13.6. The molecule has 1 amide bonds. The number of ether oxygens (including phenoxy) is 1. The van der Waals surface area contributed by atoms with E-state index in [1.807, 2.05) is 4.90 Å². The largest absolute Gasteiger partial charge is 0.462 e. The maximum absolute atomic E-state index is 13.6. The van der Waals surface area contributed by atoms with E-state index in [4.69, 9.17) is 16.2 Å². The lowest BCUT2D eigenvalue weighted by Crippen LogP contribution is -2.51. The van der Waals surface area contributed by atoms with Gasteiger partial charge in [-0.25, -0.2) is 0 Å². The smallest absolute Gasteiger partial charge is 0.306 e. The quantitative estimate of drug-likeness (QED) is 0.0482. The van der Waals surface area contributed by atoms with Crippen LogP contribution in [0, 0.1) is 46.3 Å². The average molecular weight is 797 g/mol. The molecule has 0 aromatic carbocycles. The van der Waals surface area contributed by atoms with Gasteiger partial charge in [0, 0.05) is 43.4 Å². The highest BCUT2D eigenvalue weighted by Gasteiger charge is 2.59. The predicted molar refractivity (Wildman–Crippen MR) is 240 cm³/mol. The molecular weight excluding hydrogens is 705 g/mol. The predicted octanol–water partition coefficient (Wildman–Crippen LogP) is 11.1. The SMILES string of the molecule is CCC(N)(CC)CCNCCCCN(CCC(N)(CC)CC)C(=O)CCCC(=O)O[C@H]1CC[C@@]2(C)C(=CC[C@H]3[C@@H]4CC[C@H](C(C)CCCC(C)C)[C@@]4(C)CC[C@@H]32)C1. The summed E-state index contributed by atoms with van der Waals surface area (Å²) in [7, 11) is 0. The van der Waals surface area contributed by atoms with Crippen LogP contribution in [-0.2, 0) is 14.3 Å². The van der Waals surface area contributed by atoms with E-state index in [0.717, 1.165) is 126 Å². The fourth-order valence-corrected chi connectivity index (χ4v) is 12.5. The van der Waals surface area contributed by atoms with E-state index in [1.165, 1.54) is 51.4 Å². The van der Waals surface area contributed by atoms with Crippen molar-refractivity contribution in [3.05, 3.63) is 11.6 Å². The van der Waals surface area contributed by atoms with Gasteiger partial charge in [-0.3, -0.25) is 9.59 Å². The molecule has 0 aromatic rings. The van der Waals surface area contributed by atoms with E-state index in [0.29, 0.717) is 31.2 Å². The third kappa shape index (κ3) is 12.6. The van der Waals surface area contributed by atoms with E-state index in [-0.39, 0.29) is 34.5 Å². The molecule has 4 aliphatic carbocycles. The first-order chi connectivity index (χ1) is 27.1. The third-order valence-electron chi connectivity index (χ3n) is 17.2. The number of amides is 1. The molecule has 0 radical (unpaired) electrons. The summed E-state index contributed by atoms with van der Waals surface area (Å²) in [6.45, 7) is 24.4. The van der Waals surface area contributed by atoms with Gasteiger partial charge in [0.05, 0.1) is 0 Å². The Morgan fingerprint density at radius 1 is 0.825 bits per heavy atom. The lowest BCUT2D eigenvalue weighted by Gasteiger charge is -2.58. The molecule has 0 bridgehead atoms. The summed E-state index contributed by atoms with van der Waals surface area (Å²) in [6.07, 6.45) is 25.3. The van der Waals surface area contributed by atoms with Gasteiger partial charge in [0.1, 0.15) is 6.10 Å². The highest BCUT2D eigenvalue weighted by Crippen LogP contribution is 2.67. The Kier molecular flexibility index (Phi) is 18.5. The van der Waals surface area contributed by atoms with Crippen molar-refractivity contribution in [2.45, 2.75) is 221 Å². The molecule has 1 unspecified atom stereocenters. The molecule has 7 heteroatoms. The second-order valence-corrected chi connectivity index (χ2v) is 21.0. The summed E-state index contributed by atoms with van der Waals surface area (Å²) in [5, 5.41) is 3.56. The number of hydrogen-bond donors (Lipinski definition) is 3. The molecule has 0 spiro atoms. The molecule has 5 N–H and O–H groups in total. The van der Waals surface area contributed by atoms with Gasteiger partial charge in [0.25, 0.3) is 0 Å². The summed E-state index contributed by atoms with van der Waals surface area (Å²) >= 11 is 0. The topological polar surface area (TPSA) is 111 Å². The van der Waals surface area contributed by atoms with Crippen LogP contribution in [0.3, 0.4) is 0 Å². The van der Waals surface area contributed by atoms with Gasteiger partial charge in [0.15, 0.2) is 0 Å². The molecule has 330 valence electrons. The van der Waals surface area contributed by atoms with Gasteiger partial charge in [0.2, 0.25) is 5.91 Å². The van der Waals surface area contributed by atoms with Crippen LogP contribution >= 0.6 is 0 Å². The second-order valence-electron chi connectivity index (χ2n) is 21.0. The number of unbranched alkanes of at least 4 members (excludes halogenated alkanes) is 1. The lowest BCUT2D eigenvalue weighted by atomic mass is 9.47. The molecule has 0 aromatic heterocycles. The van der Waals surface area contributed by atoms with Crippen molar-refractivity contribution < 1.29 is 14.3 Å². The molecule has 8 atom stereocenters. The third-order valence-corrected chi connectivity index (χ3v) is 17.2. The van der Waals surface area contributed by atoms with E-state index in [2.05, 4.69) is 73.7 Å². The zero-order valence-corrected chi connectivity index (χ0v) is 38.8. The van der Waals surface area contributed by atoms with Crippen LogP contribution in [0.5, 0.6) is 0 Å². The molecule has 0 aliphatic heterocycles. The molecule has 4 aliphatic rings. The Bertz CT molecular complexity index is 1270. The van der Waals surface area contributed by atoms with E-state index in [1.54, 1.807) is 5.57 Å². The minimum atomic E-state index is -0.246. The molecule has 3 saturated carbocycles. The zero-order valence-electron chi connectivity index (χ0n) is 38.8. The number of nitrogens with two attached hydrogens (primary N) is 2. The zero-order chi connectivity index (χ0) is 41.9. The van der Waals surface area contributed by atoms with Gasteiger partial charge in [-0.2, -0.15) is 0 Å². The normalized spacial score (nSPS) is 29.3. The van der Waals surface area contributed by atoms with Gasteiger partial charge in [-0.15, -0.1) is 0 Å². The Labute approximate surface area is 351 Å². The van der Waals surface area contributed by atoms with Crippen LogP contribution in [0.15, 0.2) is 11.6 Å². The first-order valence-electron chi connectivity index (χ1n) is 24.5. The maximum Gasteiger partial charge on any atom is 0.306 e. The van der Waals surface area contributed by atoms with Crippen LogP contribution in [-0.4, -0.2) is 60.1 Å². The van der Waals surface area contributed by atoms with Crippen molar-refractivity contribution in [1.82, 2.24) is 10.2 Å². The second kappa shape index (κ2) is 21.9. The number of fused-ring (bicyclic) bond motifs is 5. The fraction of sp³-hybridized carbons (Fsp3) is 0.920. The number of hydrogen-bond acceptors (Lipinski definition) is 6. The average Bonchev–Trinajstić information content (AvgIpc) is 3.55. The van der Waals surface area contributed by atoms with Gasteiger partial charge >= 0.3 is 5.97 Å². The van der Waals surface area contributed by atoms with E-state index < -0.39 is 0 Å². The van der Waals surface area contributed by atoms with Gasteiger partial charge < -0.3 is 26.4 Å². The molecule has 57 heavy (non-hydrogen) atoms. The Balaban J connectivity index is 1.23. The number of esters is 1. The molecular formula is C50H92N4O3. The molecule has 0 heterocycles. The summed E-state index contributed by atoms with van der Waals surface area (Å²) in [5.74, 6) is 4.98. The van der Waals surface area contributed by atoms with Crippen LogP contribution in [0.25, 0.3) is 0 Å². The van der Waals surface area contributed by atoms with Crippen LogP contribution in [0.4, 0.5) is 0 Å². The number of nitrogens with zero attached hydrogens (tertiary/aromatic N) is 1. The standard InChI is InChI=1S/C50H92N4O3/c1-10-49(51,11-2)30-33-53-32-14-15-34-54(35-31-50(52,12-3)13-4)45(55)20-17-21-46(56)57-40-26-28-47(8)39(36-40)22-23-41-43-25-24-42(38(7)19-16-18-37(5)6)48(43,9)29-27-44(41)47/h22,37-38,40-44,53H,10-21,23-36,51-52H2,1-9H3/t38?,40-,41-,42+,43-,44-,47-,48+/m0/s1. The van der Waals surface area contributed by atoms with Crippen molar-refractivity contribution in [2.24, 2.45) is 57.8 Å². The van der Waals surface area contributed by atoms with Gasteiger partial charge in [-0.05, 0) is 162 Å². The Hall–Kier alpha value is -1.44. The number of carbonyl (C=O) groups excluding carboxylic acids is 2. The Morgan fingerprint density at radius 2 is 1.53 bits per heavy atom. The first kappa shape index (κ1) is 48.2. The van der Waals surface area contributed by atoms with E-state index in [9.17, 15) is 9.59 Å². The number of allylic oxidation sites excluding steroid dienone is 1. The molecule has 4 rings (SSSR count). The summed E-state index contributed by atoms with van der Waals surface area (Å²) in [6, 6.07) is 0. The Morgan fingerprint density at radius 3 is 2.21 bits per heavy atom. The van der Waals surface area contributed by atoms with Crippen LogP contribution in [0.2, 0.25) is 0 Å². The minimum absolute atomic E-state index is 0.0310. The van der Waals surface area contributed by atoms with Crippen molar-refractivity contribution in [3.63, 3.8) is 0 Å². The van der Waals surface area contributed by atoms with Crippen molar-refractivity contribution in [2.75, 3.05) is 26.2 Å². The van der Waals surface area contributed by atoms with Crippen molar-refractivity contribution in [3.8, 4) is 0 Å². The summed E-state index contributed by atoms with van der Waals surface area (Å²) in [5.41, 5.74) is 15.1. The van der Waals surface area contributed by atoms with Crippen molar-refractivity contribution in [1.29, 1.82) is 0 Å². The molecule has 0 saturated heterocycles. The fourth-order valence-electron chi connectivity index (χ4n) is 12.5. The summed E-state index contributed by atoms with van der Waals surface area (Å²) in [4.78, 5) is 28.8. The monoisotopic (exact) mass is 797 g/mol. The highest BCUT2D eigenvalue weighted by molar-refractivity contribution is 5.77. The number of carbonyl (C=O) groups is 2. The number of nitrogens with one attached hydrogen (secondary N) is 1. The highest BCUT2D eigenvalue weighted by atomic mass is 16.5. The number of rotatable bonds is 25. The van der Waals surface area contributed by atoms with Crippen molar-refractivity contribution >= 4 is 11.9 Å². The molecule has 7 nitrogen and oxygen atoms in total. The van der Waals surface area contributed by atoms with Crippen LogP contribution < -0.4 is 16.8 Å². The first-order valence-corrected chi connectivity index (χ1v) is 24.5. The van der Waals surface area contributed by atoms with E-state index >= 15 is 0 Å².